The third kappa shape index (κ3) is 6.12. The van der Waals surface area contributed by atoms with Gasteiger partial charge in [-0.3, -0.25) is 0 Å². The lowest BCUT2D eigenvalue weighted by atomic mass is 9.74. The Morgan fingerprint density at radius 2 is 1.65 bits per heavy atom. The van der Waals surface area contributed by atoms with Crippen molar-refractivity contribution in [3.63, 3.8) is 0 Å². The molecule has 130 valence electrons. The van der Waals surface area contributed by atoms with Crippen LogP contribution in [0.4, 0.5) is 8.78 Å². The second-order valence-corrected chi connectivity index (χ2v) is 6.87. The van der Waals surface area contributed by atoms with Gasteiger partial charge in [-0.05, 0) is 36.8 Å². The molecular weight excluding hydrogens is 294 g/mol. The molecule has 0 aliphatic heterocycles. The van der Waals surface area contributed by atoms with E-state index in [9.17, 15) is 8.78 Å². The summed E-state index contributed by atoms with van der Waals surface area (Å²) in [7, 11) is 0. The van der Waals surface area contributed by atoms with E-state index in [0.29, 0.717) is 12.4 Å². The fraction of sp³-hybridized carbons (Fsp3) is 0.700. The van der Waals surface area contributed by atoms with Crippen LogP contribution in [0.1, 0.15) is 71.1 Å². The number of hydrogen-bond donors (Lipinski definition) is 0. The molecule has 1 aromatic rings. The van der Waals surface area contributed by atoms with Crippen molar-refractivity contribution in [3.05, 3.63) is 29.8 Å². The number of halogens is 2. The maximum absolute atomic E-state index is 13.1. The smallest absolute Gasteiger partial charge is 0.162 e. The molecular formula is C20H30F2O. The van der Waals surface area contributed by atoms with Crippen molar-refractivity contribution in [1.82, 2.24) is 0 Å². The maximum atomic E-state index is 13.1. The fourth-order valence-corrected chi connectivity index (χ4v) is 3.80. The predicted molar refractivity (Wildman–Crippen MR) is 90.7 cm³/mol. The van der Waals surface area contributed by atoms with Crippen LogP contribution >= 0.6 is 0 Å². The molecule has 0 aromatic heterocycles. The van der Waals surface area contributed by atoms with Crippen LogP contribution in [0.25, 0.3) is 0 Å². The van der Waals surface area contributed by atoms with Crippen LogP contribution in [0.15, 0.2) is 18.2 Å². The number of unbranched alkanes of at least 4 members (excludes halogenated alkanes) is 2. The lowest BCUT2D eigenvalue weighted by Gasteiger charge is -2.31. The molecule has 0 radical (unpaired) electrons. The Bertz CT molecular complexity index is 461. The molecule has 1 aliphatic carbocycles. The van der Waals surface area contributed by atoms with E-state index in [4.69, 9.17) is 4.74 Å². The van der Waals surface area contributed by atoms with Crippen LogP contribution in [-0.4, -0.2) is 6.61 Å². The van der Waals surface area contributed by atoms with Crippen LogP contribution in [-0.2, 0) is 0 Å². The number of rotatable bonds is 9. The molecule has 2 atom stereocenters. The Balaban J connectivity index is 1.69. The first-order chi connectivity index (χ1) is 11.2. The fourth-order valence-electron chi connectivity index (χ4n) is 3.80. The first kappa shape index (κ1) is 18.2. The summed E-state index contributed by atoms with van der Waals surface area (Å²) in [4.78, 5) is 0. The average molecular weight is 324 g/mol. The Hall–Kier alpha value is -1.12. The summed E-state index contributed by atoms with van der Waals surface area (Å²) in [5.41, 5.74) is 0. The summed E-state index contributed by atoms with van der Waals surface area (Å²) in [6.07, 6.45) is 13.1. The number of benzene rings is 1. The molecule has 0 bridgehead atoms. The minimum absolute atomic E-state index is 0.423. The Morgan fingerprint density at radius 3 is 2.30 bits per heavy atom. The van der Waals surface area contributed by atoms with Crippen molar-refractivity contribution in [2.75, 3.05) is 6.61 Å². The van der Waals surface area contributed by atoms with Crippen molar-refractivity contribution in [3.8, 4) is 5.75 Å². The van der Waals surface area contributed by atoms with Gasteiger partial charge in [0.2, 0.25) is 0 Å². The minimum atomic E-state index is -0.842. The average Bonchev–Trinajstić information content (AvgIpc) is 2.56. The first-order valence-corrected chi connectivity index (χ1v) is 9.28. The Kier molecular flexibility index (Phi) is 7.84. The van der Waals surface area contributed by atoms with Crippen molar-refractivity contribution >= 4 is 0 Å². The highest BCUT2D eigenvalue weighted by atomic mass is 19.2. The molecule has 0 saturated heterocycles. The van der Waals surface area contributed by atoms with Gasteiger partial charge in [-0.1, -0.05) is 58.3 Å². The van der Waals surface area contributed by atoms with Gasteiger partial charge in [-0.15, -0.1) is 0 Å². The van der Waals surface area contributed by atoms with E-state index in [1.54, 1.807) is 0 Å². The van der Waals surface area contributed by atoms with Gasteiger partial charge in [0.15, 0.2) is 11.6 Å². The summed E-state index contributed by atoms with van der Waals surface area (Å²) in [5.74, 6) is 0.472. The zero-order chi connectivity index (χ0) is 16.5. The van der Waals surface area contributed by atoms with Crippen LogP contribution in [0.5, 0.6) is 5.75 Å². The molecule has 2 rings (SSSR count). The molecule has 0 amide bonds. The maximum Gasteiger partial charge on any atom is 0.162 e. The van der Waals surface area contributed by atoms with Gasteiger partial charge in [0.25, 0.3) is 0 Å². The molecule has 0 N–H and O–H groups in total. The van der Waals surface area contributed by atoms with E-state index < -0.39 is 11.6 Å². The normalized spacial score (nSPS) is 21.3. The zero-order valence-electron chi connectivity index (χ0n) is 14.3. The molecule has 3 heteroatoms. The van der Waals surface area contributed by atoms with Crippen molar-refractivity contribution < 1.29 is 13.5 Å². The summed E-state index contributed by atoms with van der Waals surface area (Å²) >= 11 is 0. The van der Waals surface area contributed by atoms with Crippen LogP contribution in [0.2, 0.25) is 0 Å². The summed E-state index contributed by atoms with van der Waals surface area (Å²) in [6.45, 7) is 2.84. The highest BCUT2D eigenvalue weighted by Crippen LogP contribution is 2.36. The summed E-state index contributed by atoms with van der Waals surface area (Å²) in [6, 6.07) is 3.74. The highest BCUT2D eigenvalue weighted by molar-refractivity contribution is 5.23. The van der Waals surface area contributed by atoms with Crippen LogP contribution in [0.3, 0.4) is 0 Å². The largest absolute Gasteiger partial charge is 0.493 e. The van der Waals surface area contributed by atoms with Crippen molar-refractivity contribution in [2.24, 2.45) is 11.8 Å². The highest BCUT2D eigenvalue weighted by Gasteiger charge is 2.24. The molecule has 1 aromatic carbocycles. The number of hydrogen-bond acceptors (Lipinski definition) is 1. The van der Waals surface area contributed by atoms with Gasteiger partial charge in [-0.2, -0.15) is 0 Å². The summed E-state index contributed by atoms with van der Waals surface area (Å²) in [5, 5.41) is 0. The lowest BCUT2D eigenvalue weighted by molar-refractivity contribution is 0.190. The van der Waals surface area contributed by atoms with Gasteiger partial charge in [0.1, 0.15) is 5.75 Å². The monoisotopic (exact) mass is 324 g/mol. The molecule has 0 spiro atoms. The molecule has 1 saturated carbocycles. The second-order valence-electron chi connectivity index (χ2n) is 6.87. The van der Waals surface area contributed by atoms with Gasteiger partial charge in [-0.25, -0.2) is 8.78 Å². The van der Waals surface area contributed by atoms with Crippen LogP contribution < -0.4 is 4.74 Å². The van der Waals surface area contributed by atoms with Gasteiger partial charge in [0.05, 0.1) is 6.61 Å². The van der Waals surface area contributed by atoms with E-state index in [-0.39, 0.29) is 0 Å². The third-order valence-electron chi connectivity index (χ3n) is 5.12. The molecule has 23 heavy (non-hydrogen) atoms. The summed E-state index contributed by atoms with van der Waals surface area (Å²) < 4.78 is 31.6. The van der Waals surface area contributed by atoms with Crippen molar-refractivity contribution in [2.45, 2.75) is 71.1 Å². The molecule has 1 fully saturated rings. The standard InChI is InChI=1S/C20H30F2O/c1-2-3-4-8-16-9-5-6-10-17(16)11-7-14-23-18-12-13-19(21)20(22)15-18/h12-13,15-17H,2-11,14H2,1H3. The van der Waals surface area contributed by atoms with Gasteiger partial charge in [0, 0.05) is 6.07 Å². The molecule has 1 nitrogen and oxygen atoms in total. The zero-order valence-corrected chi connectivity index (χ0v) is 14.3. The lowest BCUT2D eigenvalue weighted by Crippen LogP contribution is -2.20. The van der Waals surface area contributed by atoms with Crippen LogP contribution in [0, 0.1) is 23.5 Å². The van der Waals surface area contributed by atoms with E-state index in [1.165, 1.54) is 63.9 Å². The Morgan fingerprint density at radius 1 is 0.957 bits per heavy atom. The third-order valence-corrected chi connectivity index (χ3v) is 5.12. The van der Waals surface area contributed by atoms with Gasteiger partial charge < -0.3 is 4.74 Å². The van der Waals surface area contributed by atoms with E-state index in [2.05, 4.69) is 6.92 Å². The van der Waals surface area contributed by atoms with Gasteiger partial charge >= 0.3 is 0 Å². The van der Waals surface area contributed by atoms with E-state index >= 15 is 0 Å². The number of ether oxygens (including phenoxy) is 1. The Labute approximate surface area is 139 Å². The molecule has 0 heterocycles. The topological polar surface area (TPSA) is 9.23 Å². The van der Waals surface area contributed by atoms with Crippen molar-refractivity contribution in [1.29, 1.82) is 0 Å². The first-order valence-electron chi connectivity index (χ1n) is 9.28. The second kappa shape index (κ2) is 9.89. The van der Waals surface area contributed by atoms with E-state index in [0.717, 1.165) is 30.4 Å². The predicted octanol–water partition coefficient (Wildman–Crippen LogP) is 6.51. The van der Waals surface area contributed by atoms with E-state index in [1.807, 2.05) is 0 Å². The molecule has 1 aliphatic rings. The molecule has 2 unspecified atom stereocenters. The quantitative estimate of drug-likeness (QED) is 0.470. The minimum Gasteiger partial charge on any atom is -0.493 e. The SMILES string of the molecule is CCCCCC1CCCCC1CCCOc1ccc(F)c(F)c1.